The van der Waals surface area contributed by atoms with E-state index in [0.717, 1.165) is 7.14 Å². The van der Waals surface area contributed by atoms with E-state index in [-0.39, 0.29) is 17.6 Å². The van der Waals surface area contributed by atoms with Gasteiger partial charge >= 0.3 is 5.97 Å². The molecule has 3 rings (SSSR count). The average molecular weight is 670 g/mol. The second-order valence-corrected chi connectivity index (χ2v) is 9.40. The summed E-state index contributed by atoms with van der Waals surface area (Å²) < 4.78 is 12.3. The minimum Gasteiger partial charge on any atom is -0.493 e. The van der Waals surface area contributed by atoms with Crippen molar-refractivity contribution < 1.29 is 23.9 Å². The molecule has 33 heavy (non-hydrogen) atoms. The first-order valence-electron chi connectivity index (χ1n) is 9.76. The predicted octanol–water partition coefficient (Wildman–Crippen LogP) is 4.69. The van der Waals surface area contributed by atoms with Crippen LogP contribution in [0.25, 0.3) is 0 Å². The number of hydrogen-bond donors (Lipinski definition) is 2. The van der Waals surface area contributed by atoms with Crippen molar-refractivity contribution in [3.05, 3.63) is 90.6 Å². The molecule has 0 bridgehead atoms. The summed E-state index contributed by atoms with van der Waals surface area (Å²) in [7, 11) is 1.44. The van der Waals surface area contributed by atoms with Crippen LogP contribution in [0.5, 0.6) is 11.5 Å². The van der Waals surface area contributed by atoms with Crippen molar-refractivity contribution in [1.29, 1.82) is 0 Å². The highest BCUT2D eigenvalue weighted by Crippen LogP contribution is 2.30. The standard InChI is InChI=1S/C24H20I2N2O5/c1-14(29)33-20-10-9-15(13-21(20)32-2)22(27-23(30)16-5-3-7-18(25)11-16)28-24(31)17-6-4-8-19(26)12-17/h3-13,22H,1-2H3,(H,27,30)(H,28,31). The summed E-state index contributed by atoms with van der Waals surface area (Å²) in [5, 5.41) is 5.73. The van der Waals surface area contributed by atoms with Crippen molar-refractivity contribution in [1.82, 2.24) is 10.6 Å². The van der Waals surface area contributed by atoms with E-state index < -0.39 is 12.1 Å². The molecule has 0 atom stereocenters. The van der Waals surface area contributed by atoms with Crippen LogP contribution in [0.15, 0.2) is 66.7 Å². The van der Waals surface area contributed by atoms with E-state index in [1.807, 2.05) is 12.1 Å². The molecule has 9 heteroatoms. The SMILES string of the molecule is COc1cc(C(NC(=O)c2cccc(I)c2)NC(=O)c2cccc(I)c2)ccc1OC(C)=O. The molecule has 170 valence electrons. The molecule has 2 N–H and O–H groups in total. The molecule has 0 aliphatic carbocycles. The number of esters is 1. The van der Waals surface area contributed by atoms with Gasteiger partial charge < -0.3 is 20.1 Å². The van der Waals surface area contributed by atoms with Gasteiger partial charge in [0.15, 0.2) is 11.5 Å². The highest BCUT2D eigenvalue weighted by atomic mass is 127. The number of methoxy groups -OCH3 is 1. The fourth-order valence-corrected chi connectivity index (χ4v) is 4.08. The quantitative estimate of drug-likeness (QED) is 0.165. The van der Waals surface area contributed by atoms with Crippen molar-refractivity contribution >= 4 is 63.0 Å². The first-order chi connectivity index (χ1) is 15.8. The summed E-state index contributed by atoms with van der Waals surface area (Å²) in [6.07, 6.45) is -0.874. The zero-order valence-corrected chi connectivity index (χ0v) is 22.0. The third-order valence-electron chi connectivity index (χ3n) is 4.50. The van der Waals surface area contributed by atoms with E-state index in [1.54, 1.807) is 54.6 Å². The lowest BCUT2D eigenvalue weighted by molar-refractivity contribution is -0.132. The van der Waals surface area contributed by atoms with Crippen LogP contribution in [0.4, 0.5) is 0 Å². The molecule has 0 unspecified atom stereocenters. The molecule has 0 radical (unpaired) electrons. The molecule has 3 aromatic carbocycles. The third-order valence-corrected chi connectivity index (χ3v) is 5.84. The number of hydrogen-bond acceptors (Lipinski definition) is 5. The van der Waals surface area contributed by atoms with Crippen LogP contribution in [0.3, 0.4) is 0 Å². The van der Waals surface area contributed by atoms with E-state index in [4.69, 9.17) is 9.47 Å². The van der Waals surface area contributed by atoms with Gasteiger partial charge in [0.2, 0.25) is 0 Å². The lowest BCUT2D eigenvalue weighted by Crippen LogP contribution is -2.41. The van der Waals surface area contributed by atoms with Gasteiger partial charge in [-0.1, -0.05) is 18.2 Å². The minimum absolute atomic E-state index is 0.236. The number of rotatable bonds is 7. The molecule has 0 aliphatic rings. The van der Waals surface area contributed by atoms with Crippen LogP contribution in [0.1, 0.15) is 39.4 Å². The summed E-state index contributed by atoms with van der Waals surface area (Å²) >= 11 is 4.26. The second-order valence-electron chi connectivity index (χ2n) is 6.90. The Labute approximate surface area is 218 Å². The van der Waals surface area contributed by atoms with Crippen molar-refractivity contribution in [2.24, 2.45) is 0 Å². The highest BCUT2D eigenvalue weighted by Gasteiger charge is 2.21. The first-order valence-corrected chi connectivity index (χ1v) is 11.9. The summed E-state index contributed by atoms with van der Waals surface area (Å²) in [5.41, 5.74) is 1.46. The molecular formula is C24H20I2N2O5. The van der Waals surface area contributed by atoms with Gasteiger partial charge in [-0.2, -0.15) is 0 Å². The normalized spacial score (nSPS) is 10.5. The predicted molar refractivity (Wildman–Crippen MR) is 140 cm³/mol. The van der Waals surface area contributed by atoms with Crippen molar-refractivity contribution in [3.8, 4) is 11.5 Å². The fourth-order valence-electron chi connectivity index (χ4n) is 2.99. The van der Waals surface area contributed by atoms with Crippen LogP contribution in [0.2, 0.25) is 0 Å². The van der Waals surface area contributed by atoms with Gasteiger partial charge in [0.05, 0.1) is 7.11 Å². The third kappa shape index (κ3) is 6.90. The van der Waals surface area contributed by atoms with Gasteiger partial charge in [0.25, 0.3) is 11.8 Å². The summed E-state index contributed by atoms with van der Waals surface area (Å²) in [6, 6.07) is 19.0. The molecule has 0 aromatic heterocycles. The summed E-state index contributed by atoms with van der Waals surface area (Å²) in [5.74, 6) is -0.675. The fraction of sp³-hybridized carbons (Fsp3) is 0.125. The van der Waals surface area contributed by atoms with Crippen molar-refractivity contribution in [2.45, 2.75) is 13.1 Å². The first kappa shape index (κ1) is 25.0. The second kappa shape index (κ2) is 11.5. The number of halogens is 2. The highest BCUT2D eigenvalue weighted by molar-refractivity contribution is 14.1. The van der Waals surface area contributed by atoms with Gasteiger partial charge in [-0.05, 0) is 99.3 Å². The molecular weight excluding hydrogens is 650 g/mol. The maximum atomic E-state index is 13.0. The van der Waals surface area contributed by atoms with Gasteiger partial charge in [-0.3, -0.25) is 14.4 Å². The largest absolute Gasteiger partial charge is 0.493 e. The average Bonchev–Trinajstić information content (AvgIpc) is 2.78. The van der Waals surface area contributed by atoms with Crippen LogP contribution in [0, 0.1) is 7.14 Å². The molecule has 0 spiro atoms. The van der Waals surface area contributed by atoms with Crippen LogP contribution < -0.4 is 20.1 Å². The van der Waals surface area contributed by atoms with E-state index in [1.165, 1.54) is 14.0 Å². The topological polar surface area (TPSA) is 93.7 Å². The van der Waals surface area contributed by atoms with Crippen LogP contribution in [-0.4, -0.2) is 24.9 Å². The molecule has 0 fully saturated rings. The maximum absolute atomic E-state index is 13.0. The Morgan fingerprint density at radius 1 is 0.788 bits per heavy atom. The van der Waals surface area contributed by atoms with Crippen molar-refractivity contribution in [2.75, 3.05) is 7.11 Å². The van der Waals surface area contributed by atoms with Crippen LogP contribution in [-0.2, 0) is 4.79 Å². The number of amides is 2. The van der Waals surface area contributed by atoms with E-state index in [2.05, 4.69) is 55.8 Å². The zero-order chi connectivity index (χ0) is 24.0. The molecule has 3 aromatic rings. The molecule has 0 aliphatic heterocycles. The lowest BCUT2D eigenvalue weighted by atomic mass is 10.1. The Morgan fingerprint density at radius 2 is 1.33 bits per heavy atom. The van der Waals surface area contributed by atoms with E-state index in [0.29, 0.717) is 22.4 Å². The lowest BCUT2D eigenvalue weighted by Gasteiger charge is -2.22. The number of carbonyl (C=O) groups excluding carboxylic acids is 3. The maximum Gasteiger partial charge on any atom is 0.308 e. The number of nitrogens with one attached hydrogen (secondary N) is 2. The zero-order valence-electron chi connectivity index (χ0n) is 17.7. The minimum atomic E-state index is -0.874. The Kier molecular flexibility index (Phi) is 8.67. The van der Waals surface area contributed by atoms with Gasteiger partial charge in [0, 0.05) is 25.2 Å². The van der Waals surface area contributed by atoms with Crippen LogP contribution >= 0.6 is 45.2 Å². The molecule has 0 saturated carbocycles. The number of benzene rings is 3. The smallest absolute Gasteiger partial charge is 0.308 e. The summed E-state index contributed by atoms with van der Waals surface area (Å²) in [6.45, 7) is 1.29. The molecule has 0 heterocycles. The Balaban J connectivity index is 1.94. The molecule has 0 saturated heterocycles. The van der Waals surface area contributed by atoms with Gasteiger partial charge in [-0.25, -0.2) is 0 Å². The summed E-state index contributed by atoms with van der Waals surface area (Å²) in [4.78, 5) is 37.3. The Bertz CT molecular complexity index is 1140. The Morgan fingerprint density at radius 3 is 1.79 bits per heavy atom. The number of carbonyl (C=O) groups is 3. The Hall–Kier alpha value is -2.67. The monoisotopic (exact) mass is 670 g/mol. The van der Waals surface area contributed by atoms with E-state index in [9.17, 15) is 14.4 Å². The van der Waals surface area contributed by atoms with Gasteiger partial charge in [0.1, 0.15) is 6.17 Å². The van der Waals surface area contributed by atoms with Crippen molar-refractivity contribution in [3.63, 3.8) is 0 Å². The molecule has 2 amide bonds. The molecule has 7 nitrogen and oxygen atoms in total. The van der Waals surface area contributed by atoms with Gasteiger partial charge in [-0.15, -0.1) is 0 Å². The number of ether oxygens (including phenoxy) is 2. The van der Waals surface area contributed by atoms with E-state index >= 15 is 0 Å².